The molecule has 0 amide bonds. The van der Waals surface area contributed by atoms with Crippen LogP contribution in [0.2, 0.25) is 0 Å². The van der Waals surface area contributed by atoms with E-state index in [1.54, 1.807) is 7.11 Å². The van der Waals surface area contributed by atoms with Crippen LogP contribution >= 0.6 is 24.0 Å². The van der Waals surface area contributed by atoms with E-state index < -0.39 is 0 Å². The second kappa shape index (κ2) is 5.80. The first-order valence-corrected chi connectivity index (χ1v) is 7.79. The van der Waals surface area contributed by atoms with E-state index in [4.69, 9.17) is 17.0 Å². The lowest BCUT2D eigenvalue weighted by Gasteiger charge is -2.16. The summed E-state index contributed by atoms with van der Waals surface area (Å²) in [6, 6.07) is 6.47. The predicted octanol–water partition coefficient (Wildman–Crippen LogP) is 4.02. The largest absolute Gasteiger partial charge is 0.494 e. The number of rotatable bonds is 5. The summed E-state index contributed by atoms with van der Waals surface area (Å²) in [7, 11) is 1.68. The molecule has 1 heterocycles. The van der Waals surface area contributed by atoms with E-state index >= 15 is 0 Å². The lowest BCUT2D eigenvalue weighted by atomic mass is 10.2. The summed E-state index contributed by atoms with van der Waals surface area (Å²) < 4.78 is 8.36. The molecule has 98 valence electrons. The lowest BCUT2D eigenvalue weighted by molar-refractivity contribution is 0.419. The van der Waals surface area contributed by atoms with Crippen molar-refractivity contribution in [2.24, 2.45) is 0 Å². The first-order valence-electron chi connectivity index (χ1n) is 5.99. The van der Waals surface area contributed by atoms with Crippen LogP contribution in [-0.4, -0.2) is 28.7 Å². The first kappa shape index (κ1) is 13.5. The molecule has 2 aromatic rings. The summed E-state index contributed by atoms with van der Waals surface area (Å²) in [6.07, 6.45) is 3.20. The van der Waals surface area contributed by atoms with Crippen LogP contribution in [0.15, 0.2) is 18.2 Å². The molecule has 2 rings (SSSR count). The molecule has 0 aliphatic heterocycles. The third-order valence-corrected chi connectivity index (χ3v) is 4.15. The van der Waals surface area contributed by atoms with Gasteiger partial charge in [0.1, 0.15) is 11.3 Å². The summed E-state index contributed by atoms with van der Waals surface area (Å²) in [5.41, 5.74) is 2.12. The number of benzene rings is 1. The minimum atomic E-state index is 0.424. The van der Waals surface area contributed by atoms with E-state index in [-0.39, 0.29) is 0 Å². The van der Waals surface area contributed by atoms with Gasteiger partial charge in [-0.15, -0.1) is 0 Å². The molecule has 1 atom stereocenters. The second-order valence-electron chi connectivity index (χ2n) is 4.17. The zero-order valence-corrected chi connectivity index (χ0v) is 12.5. The number of imidazole rings is 1. The van der Waals surface area contributed by atoms with Gasteiger partial charge in [0.15, 0.2) is 4.77 Å². The molecule has 0 fully saturated rings. The molecule has 0 aliphatic rings. The topological polar surface area (TPSA) is 29.9 Å². The normalized spacial score (nSPS) is 12.8. The molecule has 5 heteroatoms. The standard InChI is InChI=1S/C13H18N2OS2/c1-4-9(8-18-3)15-10-6-5-7-11(16-2)12(10)14-13(15)17/h5-7,9H,4,8H2,1-3H3,(H,14,17). The Balaban J connectivity index is 2.63. The van der Waals surface area contributed by atoms with Crippen molar-refractivity contribution in [2.75, 3.05) is 19.1 Å². The molecule has 1 aromatic heterocycles. The fourth-order valence-electron chi connectivity index (χ4n) is 2.22. The number of H-pyrrole nitrogens is 1. The molecular weight excluding hydrogens is 264 g/mol. The van der Waals surface area contributed by atoms with Crippen molar-refractivity contribution in [3.8, 4) is 5.75 Å². The highest BCUT2D eigenvalue weighted by atomic mass is 32.2. The highest BCUT2D eigenvalue weighted by Crippen LogP contribution is 2.29. The second-order valence-corrected chi connectivity index (χ2v) is 5.47. The van der Waals surface area contributed by atoms with Gasteiger partial charge in [0.2, 0.25) is 0 Å². The van der Waals surface area contributed by atoms with Crippen molar-refractivity contribution in [2.45, 2.75) is 19.4 Å². The zero-order chi connectivity index (χ0) is 13.1. The number of ether oxygens (including phenoxy) is 1. The Labute approximate surface area is 117 Å². The Morgan fingerprint density at radius 1 is 1.50 bits per heavy atom. The van der Waals surface area contributed by atoms with Gasteiger partial charge in [0.05, 0.1) is 12.6 Å². The third-order valence-electron chi connectivity index (χ3n) is 3.13. The monoisotopic (exact) mass is 282 g/mol. The van der Waals surface area contributed by atoms with E-state index in [0.717, 1.165) is 33.7 Å². The quantitative estimate of drug-likeness (QED) is 0.840. The Morgan fingerprint density at radius 2 is 2.28 bits per heavy atom. The summed E-state index contributed by atoms with van der Waals surface area (Å²) in [5.74, 6) is 1.91. The van der Waals surface area contributed by atoms with Crippen molar-refractivity contribution >= 4 is 35.0 Å². The van der Waals surface area contributed by atoms with Gasteiger partial charge < -0.3 is 14.3 Å². The maximum atomic E-state index is 5.46. The summed E-state index contributed by atoms with van der Waals surface area (Å²) in [6.45, 7) is 2.20. The van der Waals surface area contributed by atoms with Crippen molar-refractivity contribution < 1.29 is 4.74 Å². The summed E-state index contributed by atoms with van der Waals surface area (Å²) in [5, 5.41) is 0. The number of aromatic nitrogens is 2. The number of nitrogens with zero attached hydrogens (tertiary/aromatic N) is 1. The molecule has 0 saturated carbocycles. The highest BCUT2D eigenvalue weighted by molar-refractivity contribution is 7.98. The molecular formula is C13H18N2OS2. The van der Waals surface area contributed by atoms with Gasteiger partial charge in [-0.25, -0.2) is 0 Å². The Hall–Kier alpha value is -0.940. The number of hydrogen-bond acceptors (Lipinski definition) is 3. The third kappa shape index (κ3) is 2.29. The number of hydrogen-bond donors (Lipinski definition) is 1. The molecule has 0 spiro atoms. The van der Waals surface area contributed by atoms with Crippen LogP contribution in [-0.2, 0) is 0 Å². The van der Waals surface area contributed by atoms with Gasteiger partial charge in [0.25, 0.3) is 0 Å². The van der Waals surface area contributed by atoms with Gasteiger partial charge in [-0.05, 0) is 37.0 Å². The fourth-order valence-corrected chi connectivity index (χ4v) is 3.34. The maximum Gasteiger partial charge on any atom is 0.178 e. The van der Waals surface area contributed by atoms with Crippen molar-refractivity contribution in [1.82, 2.24) is 9.55 Å². The van der Waals surface area contributed by atoms with Crippen LogP contribution in [0.5, 0.6) is 5.75 Å². The number of thioether (sulfide) groups is 1. The van der Waals surface area contributed by atoms with Gasteiger partial charge in [0, 0.05) is 11.8 Å². The zero-order valence-electron chi connectivity index (χ0n) is 10.9. The van der Waals surface area contributed by atoms with Crippen LogP contribution in [0, 0.1) is 4.77 Å². The summed E-state index contributed by atoms with van der Waals surface area (Å²) in [4.78, 5) is 3.26. The smallest absolute Gasteiger partial charge is 0.178 e. The van der Waals surface area contributed by atoms with E-state index in [0.29, 0.717) is 6.04 Å². The van der Waals surface area contributed by atoms with E-state index in [2.05, 4.69) is 28.8 Å². The van der Waals surface area contributed by atoms with Crippen LogP contribution in [0.3, 0.4) is 0 Å². The fraction of sp³-hybridized carbons (Fsp3) is 0.462. The molecule has 0 saturated heterocycles. The Kier molecular flexibility index (Phi) is 4.35. The molecule has 1 aromatic carbocycles. The Bertz CT molecular complexity index is 588. The van der Waals surface area contributed by atoms with Gasteiger partial charge >= 0.3 is 0 Å². The average molecular weight is 282 g/mol. The van der Waals surface area contributed by atoms with Gasteiger partial charge in [-0.3, -0.25) is 0 Å². The molecule has 3 nitrogen and oxygen atoms in total. The number of para-hydroxylation sites is 1. The van der Waals surface area contributed by atoms with E-state index in [1.165, 1.54) is 0 Å². The number of aromatic amines is 1. The number of methoxy groups -OCH3 is 1. The van der Waals surface area contributed by atoms with Crippen LogP contribution in [0.4, 0.5) is 0 Å². The first-order chi connectivity index (χ1) is 8.72. The molecule has 18 heavy (non-hydrogen) atoms. The number of fused-ring (bicyclic) bond motifs is 1. The Morgan fingerprint density at radius 3 is 2.89 bits per heavy atom. The lowest BCUT2D eigenvalue weighted by Crippen LogP contribution is -2.10. The molecule has 0 aliphatic carbocycles. The average Bonchev–Trinajstić information content (AvgIpc) is 2.72. The van der Waals surface area contributed by atoms with Gasteiger partial charge in [-0.2, -0.15) is 11.8 Å². The van der Waals surface area contributed by atoms with Gasteiger partial charge in [-0.1, -0.05) is 13.0 Å². The summed E-state index contributed by atoms with van der Waals surface area (Å²) >= 11 is 7.31. The van der Waals surface area contributed by atoms with Crippen LogP contribution in [0.25, 0.3) is 11.0 Å². The predicted molar refractivity (Wildman–Crippen MR) is 81.4 cm³/mol. The van der Waals surface area contributed by atoms with Crippen molar-refractivity contribution in [3.63, 3.8) is 0 Å². The minimum absolute atomic E-state index is 0.424. The van der Waals surface area contributed by atoms with Crippen LogP contribution in [0.1, 0.15) is 19.4 Å². The molecule has 0 bridgehead atoms. The molecule has 1 unspecified atom stereocenters. The van der Waals surface area contributed by atoms with Crippen molar-refractivity contribution in [1.29, 1.82) is 0 Å². The number of nitrogens with one attached hydrogen (secondary N) is 1. The van der Waals surface area contributed by atoms with E-state index in [1.807, 2.05) is 23.9 Å². The van der Waals surface area contributed by atoms with E-state index in [9.17, 15) is 0 Å². The SMILES string of the molecule is CCC(CSC)n1c(=S)[nH]c2c(OC)cccc21. The van der Waals surface area contributed by atoms with Crippen molar-refractivity contribution in [3.05, 3.63) is 23.0 Å². The molecule has 1 N–H and O–H groups in total. The maximum absolute atomic E-state index is 5.46. The minimum Gasteiger partial charge on any atom is -0.494 e. The molecule has 0 radical (unpaired) electrons. The van der Waals surface area contributed by atoms with Crippen LogP contribution < -0.4 is 4.74 Å². The highest BCUT2D eigenvalue weighted by Gasteiger charge is 2.15.